The van der Waals surface area contributed by atoms with Crippen molar-refractivity contribution in [3.05, 3.63) is 40.4 Å². The summed E-state index contributed by atoms with van der Waals surface area (Å²) in [6.07, 6.45) is 2.35. The number of amides is 1. The van der Waals surface area contributed by atoms with Gasteiger partial charge >= 0.3 is 0 Å². The molecule has 0 atom stereocenters. The van der Waals surface area contributed by atoms with E-state index in [9.17, 15) is 9.59 Å². The normalized spacial score (nSPS) is 10.6. The van der Waals surface area contributed by atoms with Crippen molar-refractivity contribution in [1.29, 1.82) is 0 Å². The van der Waals surface area contributed by atoms with E-state index >= 15 is 0 Å². The Morgan fingerprint density at radius 2 is 2.22 bits per heavy atom. The van der Waals surface area contributed by atoms with Crippen LogP contribution < -0.4 is 10.9 Å². The van der Waals surface area contributed by atoms with Gasteiger partial charge < -0.3 is 9.88 Å². The lowest BCUT2D eigenvalue weighted by atomic mass is 10.1. The van der Waals surface area contributed by atoms with E-state index in [1.54, 1.807) is 25.2 Å². The van der Waals surface area contributed by atoms with E-state index in [2.05, 4.69) is 10.3 Å². The highest BCUT2D eigenvalue weighted by Crippen LogP contribution is 2.09. The second kappa shape index (κ2) is 5.00. The maximum absolute atomic E-state index is 11.9. The summed E-state index contributed by atoms with van der Waals surface area (Å²) >= 11 is 0. The van der Waals surface area contributed by atoms with Gasteiger partial charge in [-0.3, -0.25) is 9.59 Å². The summed E-state index contributed by atoms with van der Waals surface area (Å²) in [6, 6.07) is 4.97. The zero-order valence-corrected chi connectivity index (χ0v) is 10.4. The molecule has 1 amide bonds. The van der Waals surface area contributed by atoms with Gasteiger partial charge in [0, 0.05) is 19.2 Å². The van der Waals surface area contributed by atoms with E-state index in [-0.39, 0.29) is 11.5 Å². The molecule has 0 radical (unpaired) electrons. The molecule has 1 aromatic heterocycles. The molecule has 0 fully saturated rings. The van der Waals surface area contributed by atoms with Gasteiger partial charge in [0.15, 0.2) is 0 Å². The van der Waals surface area contributed by atoms with Crippen LogP contribution in [0.5, 0.6) is 0 Å². The molecule has 94 valence electrons. The Morgan fingerprint density at radius 1 is 1.44 bits per heavy atom. The maximum Gasteiger partial charge on any atom is 0.260 e. The van der Waals surface area contributed by atoms with Gasteiger partial charge in [-0.05, 0) is 24.6 Å². The lowest BCUT2D eigenvalue weighted by Gasteiger charge is -2.05. The van der Waals surface area contributed by atoms with E-state index in [0.29, 0.717) is 23.0 Å². The quantitative estimate of drug-likeness (QED) is 0.879. The minimum atomic E-state index is -0.162. The SMILES string of the molecule is CCCNC(=O)c1ccc2ncn(C)c(=O)c2c1. The lowest BCUT2D eigenvalue weighted by molar-refractivity contribution is 0.0954. The van der Waals surface area contributed by atoms with Crippen molar-refractivity contribution >= 4 is 16.8 Å². The van der Waals surface area contributed by atoms with E-state index in [0.717, 1.165) is 6.42 Å². The molecule has 0 aliphatic heterocycles. The third kappa shape index (κ3) is 2.25. The van der Waals surface area contributed by atoms with Crippen molar-refractivity contribution in [1.82, 2.24) is 14.9 Å². The van der Waals surface area contributed by atoms with Gasteiger partial charge in [-0.1, -0.05) is 6.92 Å². The number of carbonyl (C=O) groups is 1. The number of fused-ring (bicyclic) bond motifs is 1. The van der Waals surface area contributed by atoms with Gasteiger partial charge in [0.25, 0.3) is 11.5 Å². The summed E-state index contributed by atoms with van der Waals surface area (Å²) < 4.78 is 1.40. The van der Waals surface area contributed by atoms with Crippen LogP contribution in [0.2, 0.25) is 0 Å². The predicted molar refractivity (Wildman–Crippen MR) is 69.6 cm³/mol. The summed E-state index contributed by atoms with van der Waals surface area (Å²) in [5.41, 5.74) is 0.941. The molecule has 0 unspecified atom stereocenters. The second-order valence-corrected chi connectivity index (χ2v) is 4.15. The summed E-state index contributed by atoms with van der Waals surface area (Å²) in [6.45, 7) is 2.61. The predicted octanol–water partition coefficient (Wildman–Crippen LogP) is 1.07. The number of hydrogen-bond acceptors (Lipinski definition) is 3. The molecule has 2 aromatic rings. The fraction of sp³-hybridized carbons (Fsp3) is 0.308. The molecule has 5 nitrogen and oxygen atoms in total. The first-order chi connectivity index (χ1) is 8.63. The first-order valence-electron chi connectivity index (χ1n) is 5.87. The molecule has 2 rings (SSSR count). The zero-order valence-electron chi connectivity index (χ0n) is 10.4. The van der Waals surface area contributed by atoms with Crippen molar-refractivity contribution in [2.45, 2.75) is 13.3 Å². The smallest absolute Gasteiger partial charge is 0.260 e. The van der Waals surface area contributed by atoms with E-state index < -0.39 is 0 Å². The molecule has 18 heavy (non-hydrogen) atoms. The number of nitrogens with one attached hydrogen (secondary N) is 1. The average molecular weight is 245 g/mol. The van der Waals surface area contributed by atoms with Crippen molar-refractivity contribution in [3.8, 4) is 0 Å². The van der Waals surface area contributed by atoms with Crippen LogP contribution in [-0.2, 0) is 7.05 Å². The number of nitrogens with zero attached hydrogens (tertiary/aromatic N) is 2. The Morgan fingerprint density at radius 3 is 2.94 bits per heavy atom. The Hall–Kier alpha value is -2.17. The standard InChI is InChI=1S/C13H15N3O2/c1-3-6-14-12(17)9-4-5-11-10(7-9)13(18)16(2)8-15-11/h4-5,7-8H,3,6H2,1-2H3,(H,14,17). The number of carbonyl (C=O) groups excluding carboxylic acids is 1. The molecular formula is C13H15N3O2. The van der Waals surface area contributed by atoms with Crippen LogP contribution in [0.3, 0.4) is 0 Å². The topological polar surface area (TPSA) is 64.0 Å². The third-order valence-corrected chi connectivity index (χ3v) is 2.72. The van der Waals surface area contributed by atoms with Crippen molar-refractivity contribution < 1.29 is 4.79 Å². The van der Waals surface area contributed by atoms with Crippen LogP contribution in [-0.4, -0.2) is 22.0 Å². The molecule has 1 heterocycles. The molecule has 0 aliphatic rings. The Balaban J connectivity index is 2.46. The number of aromatic nitrogens is 2. The van der Waals surface area contributed by atoms with Crippen molar-refractivity contribution in [3.63, 3.8) is 0 Å². The molecule has 0 saturated carbocycles. The first kappa shape index (κ1) is 12.3. The van der Waals surface area contributed by atoms with Crippen molar-refractivity contribution in [2.24, 2.45) is 7.05 Å². The van der Waals surface area contributed by atoms with Gasteiger partial charge in [0.1, 0.15) is 0 Å². The average Bonchev–Trinajstić information content (AvgIpc) is 2.40. The largest absolute Gasteiger partial charge is 0.352 e. The van der Waals surface area contributed by atoms with Gasteiger partial charge in [-0.2, -0.15) is 0 Å². The molecule has 1 N–H and O–H groups in total. The van der Waals surface area contributed by atoms with Gasteiger partial charge in [0.2, 0.25) is 0 Å². The molecule has 1 aromatic carbocycles. The third-order valence-electron chi connectivity index (χ3n) is 2.72. The summed E-state index contributed by atoms with van der Waals surface area (Å²) in [4.78, 5) is 27.8. The Labute approximate surface area is 104 Å². The minimum Gasteiger partial charge on any atom is -0.352 e. The van der Waals surface area contributed by atoms with Crippen LogP contribution in [0.25, 0.3) is 10.9 Å². The number of aryl methyl sites for hydroxylation is 1. The molecule has 0 spiro atoms. The highest BCUT2D eigenvalue weighted by molar-refractivity contribution is 5.97. The molecule has 5 heteroatoms. The fourth-order valence-corrected chi connectivity index (χ4v) is 1.69. The number of rotatable bonds is 3. The summed E-state index contributed by atoms with van der Waals surface area (Å²) in [5.74, 6) is -0.162. The van der Waals surface area contributed by atoms with Crippen molar-refractivity contribution in [2.75, 3.05) is 6.54 Å². The Bertz CT molecular complexity index is 646. The van der Waals surface area contributed by atoms with Gasteiger partial charge in [-0.15, -0.1) is 0 Å². The zero-order chi connectivity index (χ0) is 13.1. The summed E-state index contributed by atoms with van der Waals surface area (Å²) in [7, 11) is 1.64. The molecular weight excluding hydrogens is 230 g/mol. The van der Waals surface area contributed by atoms with E-state index in [4.69, 9.17) is 0 Å². The van der Waals surface area contributed by atoms with Gasteiger partial charge in [-0.25, -0.2) is 4.98 Å². The van der Waals surface area contributed by atoms with Crippen LogP contribution in [0, 0.1) is 0 Å². The minimum absolute atomic E-state index is 0.148. The van der Waals surface area contributed by atoms with Crippen LogP contribution in [0.4, 0.5) is 0 Å². The molecule has 0 aliphatic carbocycles. The Kier molecular flexibility index (Phi) is 3.41. The van der Waals surface area contributed by atoms with Crippen LogP contribution in [0.1, 0.15) is 23.7 Å². The number of benzene rings is 1. The highest BCUT2D eigenvalue weighted by atomic mass is 16.1. The lowest BCUT2D eigenvalue weighted by Crippen LogP contribution is -2.24. The van der Waals surface area contributed by atoms with Gasteiger partial charge in [0.05, 0.1) is 17.2 Å². The maximum atomic E-state index is 11.9. The highest BCUT2D eigenvalue weighted by Gasteiger charge is 2.08. The molecule has 0 saturated heterocycles. The van der Waals surface area contributed by atoms with Crippen LogP contribution in [0.15, 0.2) is 29.3 Å². The van der Waals surface area contributed by atoms with E-state index in [1.807, 2.05) is 6.92 Å². The number of hydrogen-bond donors (Lipinski definition) is 1. The molecule has 0 bridgehead atoms. The van der Waals surface area contributed by atoms with Crippen LogP contribution >= 0.6 is 0 Å². The first-order valence-corrected chi connectivity index (χ1v) is 5.87. The monoisotopic (exact) mass is 245 g/mol. The fourth-order valence-electron chi connectivity index (χ4n) is 1.69. The van der Waals surface area contributed by atoms with E-state index in [1.165, 1.54) is 10.9 Å². The summed E-state index contributed by atoms with van der Waals surface area (Å²) in [5, 5.41) is 3.24. The second-order valence-electron chi connectivity index (χ2n) is 4.15.